The van der Waals surface area contributed by atoms with E-state index in [0.717, 1.165) is 32.1 Å². The van der Waals surface area contributed by atoms with Gasteiger partial charge in [0.1, 0.15) is 0 Å². The van der Waals surface area contributed by atoms with E-state index in [-0.39, 0.29) is 0 Å². The van der Waals surface area contributed by atoms with Crippen molar-refractivity contribution in [3.05, 3.63) is 35.5 Å². The summed E-state index contributed by atoms with van der Waals surface area (Å²) in [6, 6.07) is 6.53. The number of aryl methyl sites for hydroxylation is 1. The number of ether oxygens (including phenoxy) is 1. The smallest absolute Gasteiger partial charge is 0.191 e. The van der Waals surface area contributed by atoms with E-state index in [1.807, 2.05) is 0 Å². The molecule has 0 amide bonds. The molecule has 1 aromatic carbocycles. The number of hydrogen-bond acceptors (Lipinski definition) is 2. The van der Waals surface area contributed by atoms with Gasteiger partial charge in [0, 0.05) is 43.8 Å². The fourth-order valence-electron chi connectivity index (χ4n) is 2.60. The minimum absolute atomic E-state index is 0.572. The minimum Gasteiger partial charge on any atom is -0.379 e. The number of hydrogen-bond donors (Lipinski definition) is 3. The Kier molecular flexibility index (Phi) is 7.12. The Balaban J connectivity index is 1.73. The van der Waals surface area contributed by atoms with Gasteiger partial charge in [-0.1, -0.05) is 26.0 Å². The van der Waals surface area contributed by atoms with Gasteiger partial charge in [-0.2, -0.15) is 0 Å². The maximum absolute atomic E-state index is 5.56. The van der Waals surface area contributed by atoms with Gasteiger partial charge < -0.3 is 20.4 Å². The summed E-state index contributed by atoms with van der Waals surface area (Å²) < 4.78 is 5.56. The molecule has 0 bridgehead atoms. The molecule has 0 saturated heterocycles. The molecule has 0 atom stereocenters. The van der Waals surface area contributed by atoms with Crippen LogP contribution in [0.3, 0.4) is 0 Å². The van der Waals surface area contributed by atoms with Crippen molar-refractivity contribution in [3.63, 3.8) is 0 Å². The number of benzene rings is 1. The Morgan fingerprint density at radius 3 is 2.79 bits per heavy atom. The van der Waals surface area contributed by atoms with Gasteiger partial charge in [0.25, 0.3) is 0 Å². The highest BCUT2D eigenvalue weighted by atomic mass is 16.5. The number of H-pyrrole nitrogens is 1. The lowest BCUT2D eigenvalue weighted by Crippen LogP contribution is -2.39. The molecular weight excluding hydrogens is 300 g/mol. The summed E-state index contributed by atoms with van der Waals surface area (Å²) >= 11 is 0. The van der Waals surface area contributed by atoms with Crippen LogP contribution >= 0.6 is 0 Å². The average Bonchev–Trinajstić information content (AvgIpc) is 2.94. The minimum atomic E-state index is 0.572. The zero-order chi connectivity index (χ0) is 17.4. The number of fused-ring (bicyclic) bond motifs is 1. The predicted molar refractivity (Wildman–Crippen MR) is 102 cm³/mol. The van der Waals surface area contributed by atoms with Gasteiger partial charge in [-0.3, -0.25) is 4.99 Å². The first kappa shape index (κ1) is 18.3. The van der Waals surface area contributed by atoms with Gasteiger partial charge in [-0.05, 0) is 36.5 Å². The number of aromatic nitrogens is 1. The van der Waals surface area contributed by atoms with Gasteiger partial charge >= 0.3 is 0 Å². The van der Waals surface area contributed by atoms with Crippen LogP contribution < -0.4 is 10.6 Å². The summed E-state index contributed by atoms with van der Waals surface area (Å²) in [5, 5.41) is 7.93. The number of aliphatic imine (C=N–C) groups is 1. The molecule has 0 aliphatic rings. The first-order valence-corrected chi connectivity index (χ1v) is 8.69. The van der Waals surface area contributed by atoms with Crippen LogP contribution in [0.4, 0.5) is 0 Å². The Labute approximate surface area is 144 Å². The molecule has 0 aliphatic carbocycles. The molecule has 0 spiro atoms. The molecule has 2 aromatic rings. The van der Waals surface area contributed by atoms with Crippen molar-refractivity contribution in [2.75, 3.05) is 33.4 Å². The van der Waals surface area contributed by atoms with E-state index in [1.165, 1.54) is 22.0 Å². The lowest BCUT2D eigenvalue weighted by molar-refractivity contribution is 0.114. The van der Waals surface area contributed by atoms with E-state index in [0.29, 0.717) is 12.5 Å². The van der Waals surface area contributed by atoms with Crippen molar-refractivity contribution in [1.82, 2.24) is 15.6 Å². The molecule has 0 radical (unpaired) electrons. The summed E-state index contributed by atoms with van der Waals surface area (Å²) in [5.74, 6) is 1.39. The second-order valence-electron chi connectivity index (χ2n) is 6.51. The number of nitrogens with zero attached hydrogens (tertiary/aromatic N) is 1. The van der Waals surface area contributed by atoms with Gasteiger partial charge in [-0.15, -0.1) is 0 Å². The molecule has 5 nitrogen and oxygen atoms in total. The first-order chi connectivity index (χ1) is 11.6. The zero-order valence-electron chi connectivity index (χ0n) is 15.3. The second-order valence-corrected chi connectivity index (χ2v) is 6.51. The highest BCUT2D eigenvalue weighted by Crippen LogP contribution is 2.19. The maximum atomic E-state index is 5.56. The summed E-state index contributed by atoms with van der Waals surface area (Å²) in [6.07, 6.45) is 3.05. The fraction of sp³-hybridized carbons (Fsp3) is 0.526. The van der Waals surface area contributed by atoms with Crippen molar-refractivity contribution < 1.29 is 4.74 Å². The number of nitrogens with one attached hydrogen (secondary N) is 3. The fourth-order valence-corrected chi connectivity index (χ4v) is 2.60. The summed E-state index contributed by atoms with van der Waals surface area (Å²) in [4.78, 5) is 7.59. The normalized spacial score (nSPS) is 12.1. The van der Waals surface area contributed by atoms with Crippen LogP contribution in [0.15, 0.2) is 29.4 Å². The van der Waals surface area contributed by atoms with E-state index in [9.17, 15) is 0 Å². The Hall–Kier alpha value is -2.01. The monoisotopic (exact) mass is 330 g/mol. The predicted octanol–water partition coefficient (Wildman–Crippen LogP) is 2.86. The first-order valence-electron chi connectivity index (χ1n) is 8.69. The van der Waals surface area contributed by atoms with E-state index in [1.54, 1.807) is 7.05 Å². The van der Waals surface area contributed by atoms with Gasteiger partial charge in [0.05, 0.1) is 6.61 Å². The lowest BCUT2D eigenvalue weighted by atomic mass is 10.1. The molecular formula is C19H30N4O. The van der Waals surface area contributed by atoms with E-state index < -0.39 is 0 Å². The van der Waals surface area contributed by atoms with E-state index in [4.69, 9.17) is 4.74 Å². The molecule has 0 saturated carbocycles. The molecule has 1 heterocycles. The van der Waals surface area contributed by atoms with E-state index in [2.05, 4.69) is 65.8 Å². The quantitative estimate of drug-likeness (QED) is 0.396. The van der Waals surface area contributed by atoms with Crippen LogP contribution in [-0.2, 0) is 11.2 Å². The molecule has 2 rings (SSSR count). The van der Waals surface area contributed by atoms with Crippen LogP contribution in [0.25, 0.3) is 10.9 Å². The van der Waals surface area contributed by atoms with Gasteiger partial charge in [-0.25, -0.2) is 0 Å². The van der Waals surface area contributed by atoms with Crippen molar-refractivity contribution in [1.29, 1.82) is 0 Å². The molecule has 0 fully saturated rings. The molecule has 1 aromatic heterocycles. The summed E-state index contributed by atoms with van der Waals surface area (Å²) in [7, 11) is 1.79. The second kappa shape index (κ2) is 9.33. The molecule has 132 valence electrons. The van der Waals surface area contributed by atoms with Crippen LogP contribution in [-0.4, -0.2) is 44.3 Å². The lowest BCUT2D eigenvalue weighted by Gasteiger charge is -2.12. The summed E-state index contributed by atoms with van der Waals surface area (Å²) in [5.41, 5.74) is 3.81. The zero-order valence-corrected chi connectivity index (χ0v) is 15.3. The molecule has 0 aliphatic heterocycles. The Bertz CT molecular complexity index is 660. The highest BCUT2D eigenvalue weighted by molar-refractivity contribution is 5.84. The van der Waals surface area contributed by atoms with Crippen molar-refractivity contribution in [2.24, 2.45) is 10.9 Å². The highest BCUT2D eigenvalue weighted by Gasteiger charge is 2.04. The SMILES string of the molecule is CN=C(NCCOCC(C)C)NCCc1c[nH]c2cc(C)ccc12. The molecule has 5 heteroatoms. The van der Waals surface area contributed by atoms with Crippen molar-refractivity contribution in [2.45, 2.75) is 27.2 Å². The van der Waals surface area contributed by atoms with E-state index >= 15 is 0 Å². The number of guanidine groups is 1. The third-order valence-corrected chi connectivity index (χ3v) is 3.82. The van der Waals surface area contributed by atoms with Crippen LogP contribution in [0.2, 0.25) is 0 Å². The summed E-state index contributed by atoms with van der Waals surface area (Å²) in [6.45, 7) is 9.52. The van der Waals surface area contributed by atoms with Crippen LogP contribution in [0.5, 0.6) is 0 Å². The van der Waals surface area contributed by atoms with Crippen LogP contribution in [0, 0.1) is 12.8 Å². The molecule has 3 N–H and O–H groups in total. The van der Waals surface area contributed by atoms with Crippen molar-refractivity contribution in [3.8, 4) is 0 Å². The average molecular weight is 330 g/mol. The third kappa shape index (κ3) is 5.57. The largest absolute Gasteiger partial charge is 0.379 e. The van der Waals surface area contributed by atoms with Crippen LogP contribution in [0.1, 0.15) is 25.0 Å². The third-order valence-electron chi connectivity index (χ3n) is 3.82. The number of aromatic amines is 1. The van der Waals surface area contributed by atoms with Gasteiger partial charge in [0.2, 0.25) is 0 Å². The Morgan fingerprint density at radius 1 is 1.25 bits per heavy atom. The number of rotatable bonds is 8. The Morgan fingerprint density at radius 2 is 2.04 bits per heavy atom. The topological polar surface area (TPSA) is 61.4 Å². The van der Waals surface area contributed by atoms with Crippen molar-refractivity contribution >= 4 is 16.9 Å². The molecule has 24 heavy (non-hydrogen) atoms. The maximum Gasteiger partial charge on any atom is 0.191 e. The standard InChI is InChI=1S/C19H30N4O/c1-14(2)13-24-10-9-22-19(20-4)21-8-7-16-12-23-18-11-15(3)5-6-17(16)18/h5-6,11-12,14,23H,7-10,13H2,1-4H3,(H2,20,21,22). The molecule has 0 unspecified atom stereocenters. The van der Waals surface area contributed by atoms with Gasteiger partial charge in [0.15, 0.2) is 5.96 Å².